The summed E-state index contributed by atoms with van der Waals surface area (Å²) in [6, 6.07) is 7.16. The van der Waals surface area contributed by atoms with Crippen LogP contribution in [0.1, 0.15) is 23.2 Å². The smallest absolute Gasteiger partial charge is 0.251 e. The second-order valence-corrected chi connectivity index (χ2v) is 6.24. The molecule has 2 N–H and O–H groups in total. The second-order valence-electron chi connectivity index (χ2n) is 6.24. The maximum atomic E-state index is 12.2. The number of carbonyl (C=O) groups is 1. The fraction of sp³-hybridized carbons (Fsp3) is 0.389. The molecule has 0 atom stereocenters. The Morgan fingerprint density at radius 1 is 1.12 bits per heavy atom. The van der Waals surface area contributed by atoms with Crippen LogP contribution in [0.2, 0.25) is 0 Å². The van der Waals surface area contributed by atoms with Gasteiger partial charge in [0.25, 0.3) is 5.91 Å². The Morgan fingerprint density at radius 2 is 1.96 bits per heavy atom. The van der Waals surface area contributed by atoms with E-state index in [1.807, 2.05) is 6.07 Å². The Balaban J connectivity index is 1.26. The van der Waals surface area contributed by atoms with E-state index in [1.54, 1.807) is 24.4 Å². The van der Waals surface area contributed by atoms with E-state index in [0.29, 0.717) is 36.0 Å². The minimum Gasteiger partial charge on any atom is -0.454 e. The van der Waals surface area contributed by atoms with Crippen molar-refractivity contribution in [2.75, 3.05) is 43.2 Å². The number of hydrogen-bond donors (Lipinski definition) is 2. The van der Waals surface area contributed by atoms with Gasteiger partial charge in [0.15, 0.2) is 17.3 Å². The molecule has 1 amide bonds. The third kappa shape index (κ3) is 3.63. The van der Waals surface area contributed by atoms with Crippen LogP contribution in [-0.4, -0.2) is 49.1 Å². The minimum atomic E-state index is -0.151. The van der Waals surface area contributed by atoms with Crippen LogP contribution in [0.25, 0.3) is 0 Å². The van der Waals surface area contributed by atoms with E-state index < -0.39 is 0 Å². The van der Waals surface area contributed by atoms with E-state index in [-0.39, 0.29) is 12.7 Å². The third-order valence-corrected chi connectivity index (χ3v) is 4.46. The molecule has 8 heteroatoms. The number of nitrogens with one attached hydrogen (secondary N) is 2. The molecule has 1 saturated heterocycles. The van der Waals surface area contributed by atoms with Gasteiger partial charge in [-0.2, -0.15) is 5.10 Å². The number of hydrogen-bond acceptors (Lipinski definition) is 7. The lowest BCUT2D eigenvalue weighted by Crippen LogP contribution is -2.29. The highest BCUT2D eigenvalue weighted by Gasteiger charge is 2.16. The van der Waals surface area contributed by atoms with Crippen molar-refractivity contribution in [2.45, 2.75) is 12.8 Å². The zero-order valence-corrected chi connectivity index (χ0v) is 14.4. The van der Waals surface area contributed by atoms with Crippen molar-refractivity contribution in [3.8, 4) is 11.5 Å². The van der Waals surface area contributed by atoms with Crippen molar-refractivity contribution in [1.29, 1.82) is 0 Å². The van der Waals surface area contributed by atoms with Crippen LogP contribution in [0.15, 0.2) is 30.5 Å². The first-order valence-corrected chi connectivity index (χ1v) is 8.79. The average molecular weight is 355 g/mol. The molecule has 1 aromatic heterocycles. The number of amides is 1. The number of rotatable bonds is 6. The summed E-state index contributed by atoms with van der Waals surface area (Å²) in [7, 11) is 0. The number of fused-ring (bicyclic) bond motifs is 1. The van der Waals surface area contributed by atoms with Crippen molar-refractivity contribution in [1.82, 2.24) is 15.5 Å². The summed E-state index contributed by atoms with van der Waals surface area (Å²) in [5.74, 6) is 1.83. The maximum Gasteiger partial charge on any atom is 0.251 e. The van der Waals surface area contributed by atoms with Gasteiger partial charge in [0, 0.05) is 37.8 Å². The summed E-state index contributed by atoms with van der Waals surface area (Å²) < 4.78 is 10.5. The Bertz CT molecular complexity index is 792. The van der Waals surface area contributed by atoms with Gasteiger partial charge in [0.05, 0.1) is 11.9 Å². The average Bonchev–Trinajstić information content (AvgIpc) is 3.36. The van der Waals surface area contributed by atoms with E-state index in [4.69, 9.17) is 9.47 Å². The van der Waals surface area contributed by atoms with Gasteiger partial charge in [0.2, 0.25) is 6.79 Å². The topological polar surface area (TPSA) is 88.6 Å². The molecule has 0 unspecified atom stereocenters. The Hall–Kier alpha value is -3.03. The highest BCUT2D eigenvalue weighted by atomic mass is 16.7. The van der Waals surface area contributed by atoms with Crippen LogP contribution in [0, 0.1) is 0 Å². The molecular weight excluding hydrogens is 334 g/mol. The van der Waals surface area contributed by atoms with Crippen LogP contribution in [0.5, 0.6) is 11.5 Å². The molecule has 0 spiro atoms. The monoisotopic (exact) mass is 355 g/mol. The number of anilines is 2. The van der Waals surface area contributed by atoms with Gasteiger partial charge in [-0.3, -0.25) is 4.79 Å². The third-order valence-electron chi connectivity index (χ3n) is 4.46. The summed E-state index contributed by atoms with van der Waals surface area (Å²) in [5.41, 5.74) is 1.63. The van der Waals surface area contributed by atoms with Crippen molar-refractivity contribution in [2.24, 2.45) is 0 Å². The molecular formula is C18H21N5O3. The predicted molar refractivity (Wildman–Crippen MR) is 96.9 cm³/mol. The zero-order valence-electron chi connectivity index (χ0n) is 14.4. The molecule has 2 aliphatic heterocycles. The van der Waals surface area contributed by atoms with Crippen LogP contribution in [0.4, 0.5) is 11.5 Å². The standard InChI is InChI=1S/C18H21N5O3/c24-18(13-3-4-15-16(9-13)26-12-25-15)20-6-5-19-17-10-14(11-21-22-17)23-7-1-2-8-23/h3-4,9-11H,1-2,5-8,12H2,(H,19,22)(H,20,24). The number of aromatic nitrogens is 2. The molecule has 26 heavy (non-hydrogen) atoms. The Kier molecular flexibility index (Phi) is 4.72. The maximum absolute atomic E-state index is 12.2. The molecule has 8 nitrogen and oxygen atoms in total. The molecule has 0 bridgehead atoms. The second kappa shape index (κ2) is 7.47. The quantitative estimate of drug-likeness (QED) is 0.762. The van der Waals surface area contributed by atoms with E-state index in [0.717, 1.165) is 18.8 Å². The molecule has 1 fully saturated rings. The van der Waals surface area contributed by atoms with Gasteiger partial charge in [0.1, 0.15) is 0 Å². The van der Waals surface area contributed by atoms with Crippen molar-refractivity contribution in [3.05, 3.63) is 36.0 Å². The van der Waals surface area contributed by atoms with Crippen molar-refractivity contribution in [3.63, 3.8) is 0 Å². The molecule has 0 saturated carbocycles. The number of nitrogens with zero attached hydrogens (tertiary/aromatic N) is 3. The zero-order chi connectivity index (χ0) is 17.8. The highest BCUT2D eigenvalue weighted by Crippen LogP contribution is 2.32. The summed E-state index contributed by atoms with van der Waals surface area (Å²) in [5, 5.41) is 14.2. The number of ether oxygens (including phenoxy) is 2. The largest absolute Gasteiger partial charge is 0.454 e. The van der Waals surface area contributed by atoms with Gasteiger partial charge in [-0.1, -0.05) is 0 Å². The number of benzene rings is 1. The summed E-state index contributed by atoms with van der Waals surface area (Å²) in [6.45, 7) is 3.37. The highest BCUT2D eigenvalue weighted by molar-refractivity contribution is 5.94. The summed E-state index contributed by atoms with van der Waals surface area (Å²) in [6.07, 6.45) is 4.23. The van der Waals surface area contributed by atoms with Crippen LogP contribution < -0.4 is 25.0 Å². The predicted octanol–water partition coefficient (Wildman–Crippen LogP) is 1.65. The van der Waals surface area contributed by atoms with Crippen molar-refractivity contribution < 1.29 is 14.3 Å². The molecule has 2 aromatic rings. The van der Waals surface area contributed by atoms with Crippen molar-refractivity contribution >= 4 is 17.4 Å². The van der Waals surface area contributed by atoms with Gasteiger partial charge < -0.3 is 25.0 Å². The molecule has 3 heterocycles. The van der Waals surface area contributed by atoms with Gasteiger partial charge in [-0.25, -0.2) is 0 Å². The first kappa shape index (κ1) is 16.4. The fourth-order valence-electron chi connectivity index (χ4n) is 3.10. The lowest BCUT2D eigenvalue weighted by Gasteiger charge is -2.17. The SMILES string of the molecule is O=C(NCCNc1cc(N2CCCC2)cnn1)c1ccc2c(c1)OCO2. The molecule has 0 radical (unpaired) electrons. The summed E-state index contributed by atoms with van der Waals surface area (Å²) in [4.78, 5) is 14.5. The summed E-state index contributed by atoms with van der Waals surface area (Å²) >= 11 is 0. The Labute approximate surface area is 151 Å². The molecule has 2 aliphatic rings. The normalized spacial score (nSPS) is 15.2. The van der Waals surface area contributed by atoms with E-state index in [9.17, 15) is 4.79 Å². The fourth-order valence-corrected chi connectivity index (χ4v) is 3.10. The number of carbonyl (C=O) groups excluding carboxylic acids is 1. The van der Waals surface area contributed by atoms with Crippen LogP contribution in [-0.2, 0) is 0 Å². The lowest BCUT2D eigenvalue weighted by molar-refractivity contribution is 0.0954. The molecule has 0 aliphatic carbocycles. The van der Waals surface area contributed by atoms with E-state index >= 15 is 0 Å². The first-order chi connectivity index (χ1) is 12.8. The molecule has 4 rings (SSSR count). The van der Waals surface area contributed by atoms with Crippen LogP contribution >= 0.6 is 0 Å². The van der Waals surface area contributed by atoms with Gasteiger partial charge in [-0.05, 0) is 31.0 Å². The van der Waals surface area contributed by atoms with Crippen LogP contribution in [0.3, 0.4) is 0 Å². The first-order valence-electron chi connectivity index (χ1n) is 8.79. The minimum absolute atomic E-state index is 0.151. The van der Waals surface area contributed by atoms with E-state index in [1.165, 1.54) is 12.8 Å². The van der Waals surface area contributed by atoms with Gasteiger partial charge >= 0.3 is 0 Å². The molecule has 136 valence electrons. The Morgan fingerprint density at radius 3 is 2.85 bits per heavy atom. The van der Waals surface area contributed by atoms with Gasteiger partial charge in [-0.15, -0.1) is 5.10 Å². The lowest BCUT2D eigenvalue weighted by atomic mass is 10.2. The van der Waals surface area contributed by atoms with E-state index in [2.05, 4.69) is 25.7 Å². The molecule has 1 aromatic carbocycles.